The fraction of sp³-hybridized carbons (Fsp3) is 0.265. The van der Waals surface area contributed by atoms with E-state index in [2.05, 4.69) is 20.3 Å². The average Bonchev–Trinajstić information content (AvgIpc) is 3.75. The zero-order chi connectivity index (χ0) is 35.2. The summed E-state index contributed by atoms with van der Waals surface area (Å²) in [5.41, 5.74) is 1.62. The molecule has 1 aliphatic heterocycles. The number of anilines is 1. The van der Waals surface area contributed by atoms with Crippen LogP contribution in [-0.2, 0) is 20.8 Å². The van der Waals surface area contributed by atoms with Gasteiger partial charge in [0, 0.05) is 12.0 Å². The van der Waals surface area contributed by atoms with E-state index in [0.717, 1.165) is 5.56 Å². The Bertz CT molecular complexity index is 1990. The number of hydrogen-bond donors (Lipinski definition) is 2. The number of nitro groups is 1. The predicted molar refractivity (Wildman–Crippen MR) is 176 cm³/mol. The molecule has 1 aliphatic rings. The van der Waals surface area contributed by atoms with E-state index in [4.69, 9.17) is 23.7 Å². The quantitative estimate of drug-likeness (QED) is 0.0996. The molecule has 1 saturated heterocycles. The Kier molecular flexibility index (Phi) is 10.1. The molecular weight excluding hydrogens is 652 g/mol. The summed E-state index contributed by atoms with van der Waals surface area (Å²) in [6.07, 6.45) is -2.14. The lowest BCUT2D eigenvalue weighted by atomic mass is 10.1. The Morgan fingerprint density at radius 2 is 1.82 bits per heavy atom. The number of rotatable bonds is 12. The van der Waals surface area contributed by atoms with Crippen molar-refractivity contribution in [2.24, 2.45) is 0 Å². The van der Waals surface area contributed by atoms with Gasteiger partial charge < -0.3 is 34.1 Å². The molecule has 2 aromatic heterocycles. The number of nitrogens with zero attached hydrogens (tertiary/aromatic N) is 5. The Balaban J connectivity index is 1.13. The van der Waals surface area contributed by atoms with Gasteiger partial charge in [-0.3, -0.25) is 19.5 Å². The summed E-state index contributed by atoms with van der Waals surface area (Å²) in [5.74, 6) is 0.155. The molecule has 50 heavy (non-hydrogen) atoms. The van der Waals surface area contributed by atoms with Crippen LogP contribution < -0.4 is 14.8 Å². The highest BCUT2D eigenvalue weighted by Crippen LogP contribution is 2.39. The van der Waals surface area contributed by atoms with Gasteiger partial charge in [0.25, 0.3) is 11.6 Å². The van der Waals surface area contributed by atoms with Crippen LogP contribution in [0.1, 0.15) is 47.2 Å². The molecule has 0 aliphatic carbocycles. The molecule has 258 valence electrons. The van der Waals surface area contributed by atoms with Crippen molar-refractivity contribution in [2.75, 3.05) is 19.0 Å². The van der Waals surface area contributed by atoms with Crippen molar-refractivity contribution in [2.45, 2.75) is 44.5 Å². The highest BCUT2D eigenvalue weighted by molar-refractivity contribution is 6.06. The fourth-order valence-corrected chi connectivity index (χ4v) is 5.50. The smallest absolute Gasteiger partial charge is 0.493 e. The zero-order valence-corrected chi connectivity index (χ0v) is 26.9. The predicted octanol–water partition coefficient (Wildman–Crippen LogP) is 5.14. The lowest BCUT2D eigenvalue weighted by Crippen LogP contribution is -2.30. The van der Waals surface area contributed by atoms with E-state index in [1.54, 1.807) is 34.9 Å². The number of fused-ring (bicyclic) bond motifs is 1. The van der Waals surface area contributed by atoms with Crippen molar-refractivity contribution in [3.8, 4) is 11.5 Å². The minimum atomic E-state index is -1.13. The van der Waals surface area contributed by atoms with Crippen LogP contribution in [0.5, 0.6) is 11.5 Å². The highest BCUT2D eigenvalue weighted by atomic mass is 16.7. The van der Waals surface area contributed by atoms with Crippen molar-refractivity contribution in [3.05, 3.63) is 112 Å². The summed E-state index contributed by atoms with van der Waals surface area (Å²) in [6.45, 7) is 1.12. The number of amides is 1. The Labute approximate surface area is 284 Å². The van der Waals surface area contributed by atoms with Crippen LogP contribution in [-0.4, -0.2) is 67.5 Å². The monoisotopic (exact) mass is 684 g/mol. The number of nitro benzene ring substituents is 1. The molecule has 6 rings (SSSR count). The Morgan fingerprint density at radius 1 is 1.08 bits per heavy atom. The number of benzene rings is 3. The van der Waals surface area contributed by atoms with Crippen LogP contribution in [0.15, 0.2) is 85.5 Å². The van der Waals surface area contributed by atoms with E-state index in [1.807, 2.05) is 30.3 Å². The second-order valence-electron chi connectivity index (χ2n) is 11.2. The summed E-state index contributed by atoms with van der Waals surface area (Å²) in [5, 5.41) is 24.8. The van der Waals surface area contributed by atoms with Crippen molar-refractivity contribution in [1.29, 1.82) is 0 Å². The number of nitrogens with one attached hydrogen (secondary N) is 1. The minimum absolute atomic E-state index is 0.0508. The summed E-state index contributed by atoms with van der Waals surface area (Å²) in [4.78, 5) is 50.0. The van der Waals surface area contributed by atoms with Crippen LogP contribution in [0.4, 0.5) is 16.3 Å². The molecule has 2 N–H and O–H groups in total. The van der Waals surface area contributed by atoms with E-state index < -0.39 is 42.2 Å². The summed E-state index contributed by atoms with van der Waals surface area (Å²) in [6, 6.07) is 20.5. The van der Waals surface area contributed by atoms with Crippen molar-refractivity contribution in [1.82, 2.24) is 19.5 Å². The van der Waals surface area contributed by atoms with E-state index in [9.17, 15) is 24.8 Å². The maximum Gasteiger partial charge on any atom is 0.509 e. The van der Waals surface area contributed by atoms with E-state index >= 15 is 0 Å². The molecule has 0 unspecified atom stereocenters. The van der Waals surface area contributed by atoms with Crippen LogP contribution in [0, 0.1) is 10.1 Å². The van der Waals surface area contributed by atoms with Crippen molar-refractivity contribution >= 4 is 34.7 Å². The maximum absolute atomic E-state index is 13.0. The highest BCUT2D eigenvalue weighted by Gasteiger charge is 2.40. The molecular formula is C34H32N6O10. The molecule has 16 nitrogen and oxygen atoms in total. The maximum atomic E-state index is 13.0. The molecule has 0 saturated carbocycles. The summed E-state index contributed by atoms with van der Waals surface area (Å²) >= 11 is 0. The van der Waals surface area contributed by atoms with Crippen LogP contribution in [0.25, 0.3) is 11.2 Å². The SMILES string of the molecule is COc1cc([C@@H](C)OC(=O)O[C@H]2C[C@H](n3cnc4c(NC(=O)c5ccccc5)ncnc43)O[C@@H]2CO)c([N+](=O)[O-])cc1OCc1ccccc1. The fourth-order valence-electron chi connectivity index (χ4n) is 5.50. The number of imidazole rings is 1. The van der Waals surface area contributed by atoms with Gasteiger partial charge in [0.2, 0.25) is 0 Å². The van der Waals surface area contributed by atoms with E-state index in [1.165, 1.54) is 38.8 Å². The molecule has 1 fully saturated rings. The normalized spacial score (nSPS) is 17.5. The average molecular weight is 685 g/mol. The third-order valence-corrected chi connectivity index (χ3v) is 8.00. The summed E-state index contributed by atoms with van der Waals surface area (Å²) < 4.78 is 29.8. The number of carbonyl (C=O) groups excluding carboxylic acids is 2. The molecule has 3 aromatic carbocycles. The van der Waals surface area contributed by atoms with E-state index in [0.29, 0.717) is 16.7 Å². The summed E-state index contributed by atoms with van der Waals surface area (Å²) in [7, 11) is 1.39. The van der Waals surface area contributed by atoms with Gasteiger partial charge in [0.05, 0.1) is 36.6 Å². The first-order valence-electron chi connectivity index (χ1n) is 15.5. The minimum Gasteiger partial charge on any atom is -0.493 e. The number of ether oxygens (including phenoxy) is 5. The molecule has 4 atom stereocenters. The molecule has 0 bridgehead atoms. The lowest BCUT2D eigenvalue weighted by molar-refractivity contribution is -0.386. The van der Waals surface area contributed by atoms with Crippen LogP contribution in [0.2, 0.25) is 0 Å². The Morgan fingerprint density at radius 3 is 2.52 bits per heavy atom. The zero-order valence-electron chi connectivity index (χ0n) is 26.9. The third kappa shape index (κ3) is 7.30. The van der Waals surface area contributed by atoms with Gasteiger partial charge in [0.15, 0.2) is 28.5 Å². The molecule has 0 spiro atoms. The molecule has 1 amide bonds. The van der Waals surface area contributed by atoms with Gasteiger partial charge in [-0.25, -0.2) is 19.7 Å². The first kappa shape index (κ1) is 33.8. The number of carbonyl (C=O) groups is 2. The van der Waals surface area contributed by atoms with Gasteiger partial charge >= 0.3 is 6.16 Å². The second kappa shape index (κ2) is 15.0. The Hall–Kier alpha value is -6.13. The molecule has 16 heteroatoms. The van der Waals surface area contributed by atoms with E-state index in [-0.39, 0.29) is 47.5 Å². The first-order valence-corrected chi connectivity index (χ1v) is 15.5. The van der Waals surface area contributed by atoms with Gasteiger partial charge in [-0.2, -0.15) is 0 Å². The van der Waals surface area contributed by atoms with Crippen LogP contribution in [0.3, 0.4) is 0 Å². The number of aliphatic hydroxyl groups excluding tert-OH is 1. The van der Waals surface area contributed by atoms with Gasteiger partial charge in [0.1, 0.15) is 37.5 Å². The number of aromatic nitrogens is 4. The largest absolute Gasteiger partial charge is 0.509 e. The standard InChI is InChI=1S/C34H32N6O10/c1-20(23-13-25(46-2)26(14-24(23)40(44)45)47-17-21-9-5-3-6-10-21)48-34(43)50-27-15-29(49-28(27)16-41)39-19-37-30-31(35-18-36-32(30)39)38-33(42)22-11-7-4-8-12-22/h3-14,18-20,27-29,41H,15-17H2,1-2H3,(H,35,36,38,42)/t20-,27+,28-,29-/m1/s1. The van der Waals surface area contributed by atoms with Gasteiger partial charge in [-0.05, 0) is 30.7 Å². The number of methoxy groups -OCH3 is 1. The second-order valence-corrected chi connectivity index (χ2v) is 11.2. The molecule has 5 aromatic rings. The number of hydrogen-bond acceptors (Lipinski definition) is 13. The first-order chi connectivity index (χ1) is 24.2. The topological polar surface area (TPSA) is 199 Å². The third-order valence-electron chi connectivity index (χ3n) is 8.00. The molecule has 0 radical (unpaired) electrons. The van der Waals surface area contributed by atoms with Gasteiger partial charge in [-0.1, -0.05) is 48.5 Å². The lowest BCUT2D eigenvalue weighted by Gasteiger charge is -2.19. The van der Waals surface area contributed by atoms with Gasteiger partial charge in [-0.15, -0.1) is 0 Å². The van der Waals surface area contributed by atoms with Crippen molar-refractivity contribution in [3.63, 3.8) is 0 Å². The molecule has 3 heterocycles. The van der Waals surface area contributed by atoms with Crippen LogP contribution >= 0.6 is 0 Å². The number of aliphatic hydroxyl groups is 1. The van der Waals surface area contributed by atoms with Crippen molar-refractivity contribution < 1.29 is 43.3 Å².